The molecule has 0 saturated heterocycles. The van der Waals surface area contributed by atoms with Gasteiger partial charge in [-0.3, -0.25) is 10.1 Å². The van der Waals surface area contributed by atoms with Crippen LogP contribution in [-0.4, -0.2) is 30.1 Å². The summed E-state index contributed by atoms with van der Waals surface area (Å²) in [5.74, 6) is 1.36. The molecule has 100 valence electrons. The number of ether oxygens (including phenoxy) is 1. The summed E-state index contributed by atoms with van der Waals surface area (Å²) in [7, 11) is 1.43. The summed E-state index contributed by atoms with van der Waals surface area (Å²) in [6.07, 6.45) is 3.11. The van der Waals surface area contributed by atoms with Crippen LogP contribution >= 0.6 is 11.8 Å². The van der Waals surface area contributed by atoms with Crippen LogP contribution in [0.4, 0.5) is 11.4 Å². The number of thioether (sulfide) groups is 1. The number of methoxy groups -OCH3 is 1. The minimum absolute atomic E-state index is 0.0141. The second kappa shape index (κ2) is 7.10. The van der Waals surface area contributed by atoms with Crippen molar-refractivity contribution in [2.24, 2.45) is 0 Å². The molecule has 1 aromatic carbocycles. The van der Waals surface area contributed by atoms with Gasteiger partial charge >= 0.3 is 5.69 Å². The van der Waals surface area contributed by atoms with E-state index in [9.17, 15) is 10.1 Å². The average molecular weight is 270 g/mol. The summed E-state index contributed by atoms with van der Waals surface area (Å²) in [6.45, 7) is 2.09. The molecule has 18 heavy (non-hydrogen) atoms. The third kappa shape index (κ3) is 4.10. The van der Waals surface area contributed by atoms with Crippen molar-refractivity contribution in [2.45, 2.75) is 19.4 Å². The Bertz CT molecular complexity index is 412. The maximum absolute atomic E-state index is 10.8. The first kappa shape index (κ1) is 14.6. The molecular formula is C12H18N2O3S. The molecule has 1 aromatic rings. The lowest BCUT2D eigenvalue weighted by Crippen LogP contribution is -2.15. The van der Waals surface area contributed by atoms with Crippen molar-refractivity contribution in [1.29, 1.82) is 0 Å². The molecule has 6 heteroatoms. The van der Waals surface area contributed by atoms with E-state index in [1.165, 1.54) is 13.2 Å². The molecule has 0 aliphatic rings. The van der Waals surface area contributed by atoms with Crippen LogP contribution in [0.3, 0.4) is 0 Å². The van der Waals surface area contributed by atoms with Crippen molar-refractivity contribution >= 4 is 23.1 Å². The normalized spacial score (nSPS) is 11.9. The Balaban J connectivity index is 2.76. The zero-order valence-corrected chi connectivity index (χ0v) is 11.6. The van der Waals surface area contributed by atoms with Crippen molar-refractivity contribution < 1.29 is 9.66 Å². The van der Waals surface area contributed by atoms with Crippen molar-refractivity contribution in [2.75, 3.05) is 24.4 Å². The molecule has 5 nitrogen and oxygen atoms in total. The topological polar surface area (TPSA) is 64.4 Å². The van der Waals surface area contributed by atoms with Gasteiger partial charge in [0.05, 0.1) is 12.0 Å². The van der Waals surface area contributed by atoms with Crippen LogP contribution in [-0.2, 0) is 0 Å². The van der Waals surface area contributed by atoms with Crippen molar-refractivity contribution in [1.82, 2.24) is 0 Å². The summed E-state index contributed by atoms with van der Waals surface area (Å²) >= 11 is 1.80. The summed E-state index contributed by atoms with van der Waals surface area (Å²) in [5, 5.41) is 14.1. The summed E-state index contributed by atoms with van der Waals surface area (Å²) in [5.41, 5.74) is 0.825. The smallest absolute Gasteiger partial charge is 0.311 e. The van der Waals surface area contributed by atoms with E-state index in [4.69, 9.17) is 4.74 Å². The van der Waals surface area contributed by atoms with Gasteiger partial charge in [-0.05, 0) is 31.4 Å². The Hall–Kier alpha value is -1.43. The van der Waals surface area contributed by atoms with Gasteiger partial charge in [-0.1, -0.05) is 0 Å². The lowest BCUT2D eigenvalue weighted by atomic mass is 10.2. The Kier molecular flexibility index (Phi) is 5.77. The number of nitro groups is 1. The van der Waals surface area contributed by atoms with Crippen LogP contribution in [0.25, 0.3) is 0 Å². The highest BCUT2D eigenvalue weighted by atomic mass is 32.2. The van der Waals surface area contributed by atoms with Gasteiger partial charge in [0.2, 0.25) is 0 Å². The van der Waals surface area contributed by atoms with Crippen LogP contribution in [0, 0.1) is 10.1 Å². The molecule has 1 atom stereocenters. The van der Waals surface area contributed by atoms with Crippen LogP contribution in [0.15, 0.2) is 18.2 Å². The number of rotatable bonds is 7. The molecule has 0 saturated carbocycles. The molecule has 0 aliphatic carbocycles. The van der Waals surface area contributed by atoms with Gasteiger partial charge in [-0.15, -0.1) is 0 Å². The Morgan fingerprint density at radius 3 is 2.83 bits per heavy atom. The van der Waals surface area contributed by atoms with E-state index < -0.39 is 4.92 Å². The fraction of sp³-hybridized carbons (Fsp3) is 0.500. The fourth-order valence-electron chi connectivity index (χ4n) is 1.57. The molecule has 0 spiro atoms. The number of hydrogen-bond donors (Lipinski definition) is 1. The maximum Gasteiger partial charge on any atom is 0.311 e. The predicted octanol–water partition coefficient (Wildman–Crippen LogP) is 3.16. The first-order valence-corrected chi connectivity index (χ1v) is 7.05. The molecule has 1 rings (SSSR count). The maximum atomic E-state index is 10.8. The minimum Gasteiger partial charge on any atom is -0.490 e. The molecule has 1 unspecified atom stereocenters. The van der Waals surface area contributed by atoms with Crippen molar-refractivity contribution in [3.63, 3.8) is 0 Å². The van der Waals surface area contributed by atoms with E-state index in [1.807, 2.05) is 0 Å². The van der Waals surface area contributed by atoms with Crippen molar-refractivity contribution in [3.05, 3.63) is 28.3 Å². The first-order chi connectivity index (χ1) is 8.58. The molecule has 0 fully saturated rings. The highest BCUT2D eigenvalue weighted by Gasteiger charge is 2.15. The third-order valence-corrected chi connectivity index (χ3v) is 3.19. The number of benzene rings is 1. The molecule has 0 bridgehead atoms. The second-order valence-corrected chi connectivity index (χ2v) is 4.96. The number of nitro benzene ring substituents is 1. The molecule has 0 aromatic heterocycles. The Morgan fingerprint density at radius 2 is 2.28 bits per heavy atom. The number of hydrogen-bond acceptors (Lipinski definition) is 5. The SMILES string of the molecule is COc1cc(NC(C)CCSC)ccc1[N+](=O)[O-]. The van der Waals surface area contributed by atoms with Crippen LogP contribution in [0.5, 0.6) is 5.75 Å². The number of anilines is 1. The average Bonchev–Trinajstić information content (AvgIpc) is 2.35. The first-order valence-electron chi connectivity index (χ1n) is 5.66. The van der Waals surface area contributed by atoms with E-state index in [2.05, 4.69) is 18.5 Å². The molecule has 0 aliphatic heterocycles. The highest BCUT2D eigenvalue weighted by molar-refractivity contribution is 7.98. The van der Waals surface area contributed by atoms with E-state index >= 15 is 0 Å². The van der Waals surface area contributed by atoms with Crippen LogP contribution in [0.2, 0.25) is 0 Å². The second-order valence-electron chi connectivity index (χ2n) is 3.97. The summed E-state index contributed by atoms with van der Waals surface area (Å²) in [4.78, 5) is 10.3. The zero-order valence-electron chi connectivity index (χ0n) is 10.8. The summed E-state index contributed by atoms with van der Waals surface area (Å²) in [6, 6.07) is 5.15. The zero-order chi connectivity index (χ0) is 13.5. The van der Waals surface area contributed by atoms with E-state index in [0.717, 1.165) is 17.9 Å². The van der Waals surface area contributed by atoms with E-state index in [-0.39, 0.29) is 11.4 Å². The van der Waals surface area contributed by atoms with Crippen LogP contribution < -0.4 is 10.1 Å². The molecule has 0 heterocycles. The standard InChI is InChI=1S/C12H18N2O3S/c1-9(6-7-18-3)13-10-4-5-11(14(15)16)12(8-10)17-2/h4-5,8-9,13H,6-7H2,1-3H3. The molecule has 1 N–H and O–H groups in total. The Labute approximate surface area is 111 Å². The summed E-state index contributed by atoms with van der Waals surface area (Å²) < 4.78 is 5.02. The molecule has 0 radical (unpaired) electrons. The monoisotopic (exact) mass is 270 g/mol. The van der Waals surface area contributed by atoms with Gasteiger partial charge in [0, 0.05) is 23.9 Å². The predicted molar refractivity (Wildman–Crippen MR) is 75.7 cm³/mol. The lowest BCUT2D eigenvalue weighted by Gasteiger charge is -2.15. The Morgan fingerprint density at radius 1 is 1.56 bits per heavy atom. The molecular weight excluding hydrogens is 252 g/mol. The van der Waals surface area contributed by atoms with Gasteiger partial charge in [-0.2, -0.15) is 11.8 Å². The van der Waals surface area contributed by atoms with Gasteiger partial charge < -0.3 is 10.1 Å². The number of nitrogens with zero attached hydrogens (tertiary/aromatic N) is 1. The van der Waals surface area contributed by atoms with E-state index in [0.29, 0.717) is 6.04 Å². The lowest BCUT2D eigenvalue weighted by molar-refractivity contribution is -0.385. The molecule has 0 amide bonds. The minimum atomic E-state index is -0.445. The largest absolute Gasteiger partial charge is 0.490 e. The van der Waals surface area contributed by atoms with Crippen LogP contribution in [0.1, 0.15) is 13.3 Å². The van der Waals surface area contributed by atoms with Gasteiger partial charge in [0.25, 0.3) is 0 Å². The number of nitrogens with one attached hydrogen (secondary N) is 1. The highest BCUT2D eigenvalue weighted by Crippen LogP contribution is 2.30. The van der Waals surface area contributed by atoms with Gasteiger partial charge in [0.1, 0.15) is 0 Å². The van der Waals surface area contributed by atoms with Crippen molar-refractivity contribution in [3.8, 4) is 5.75 Å². The third-order valence-electron chi connectivity index (χ3n) is 2.54. The van der Waals surface area contributed by atoms with Gasteiger partial charge in [0.15, 0.2) is 5.75 Å². The van der Waals surface area contributed by atoms with Gasteiger partial charge in [-0.25, -0.2) is 0 Å². The fourth-order valence-corrected chi connectivity index (χ4v) is 2.16. The van der Waals surface area contributed by atoms with E-state index in [1.54, 1.807) is 23.9 Å². The quantitative estimate of drug-likeness (QED) is 0.609.